The molecule has 2 saturated heterocycles. The molecule has 0 N–H and O–H groups in total. The van der Waals surface area contributed by atoms with Crippen LogP contribution in [0.4, 0.5) is 0 Å². The van der Waals surface area contributed by atoms with Crippen molar-refractivity contribution in [2.45, 2.75) is 38.5 Å². The van der Waals surface area contributed by atoms with Crippen LogP contribution in [0.15, 0.2) is 0 Å². The van der Waals surface area contributed by atoms with Crippen molar-refractivity contribution in [2.75, 3.05) is 26.2 Å². The third-order valence-corrected chi connectivity index (χ3v) is 4.86. The molecule has 2 aliphatic rings. The first-order valence-corrected chi connectivity index (χ1v) is 7.42. The van der Waals surface area contributed by atoms with Crippen LogP contribution in [0.1, 0.15) is 38.5 Å². The Morgan fingerprint density at radius 1 is 0.562 bits per heavy atom. The van der Waals surface area contributed by atoms with Gasteiger partial charge in [-0.05, 0) is 51.9 Å². The standard InChI is InChI=1S/C10H20B2Cl2N2/c13-11(15-7-3-1-4-8-15)12(14)16-9-5-2-6-10-16/h1-10H2. The molecule has 2 fully saturated rings. The molecule has 2 heterocycles. The van der Waals surface area contributed by atoms with Gasteiger partial charge in [0.25, 0.3) is 0 Å². The molecule has 0 unspecified atom stereocenters. The van der Waals surface area contributed by atoms with Gasteiger partial charge in [0.15, 0.2) is 0 Å². The zero-order valence-electron chi connectivity index (χ0n) is 9.88. The van der Waals surface area contributed by atoms with Crippen LogP contribution in [-0.4, -0.2) is 48.1 Å². The highest BCUT2D eigenvalue weighted by atomic mass is 35.5. The lowest BCUT2D eigenvalue weighted by molar-refractivity contribution is 0.348. The normalized spacial score (nSPS) is 24.4. The lowest BCUT2D eigenvalue weighted by atomic mass is 9.49. The predicted octanol–water partition coefficient (Wildman–Crippen LogP) is 2.49. The molecular weight excluding hydrogens is 241 g/mol. The Labute approximate surface area is 110 Å². The first-order chi connectivity index (χ1) is 7.79. The molecule has 0 saturated carbocycles. The Kier molecular flexibility index (Phi) is 5.34. The average Bonchev–Trinajstić information content (AvgIpc) is 2.39. The lowest BCUT2D eigenvalue weighted by Gasteiger charge is -2.35. The van der Waals surface area contributed by atoms with Crippen LogP contribution < -0.4 is 0 Å². The highest BCUT2D eigenvalue weighted by Crippen LogP contribution is 2.20. The molecule has 0 radical (unpaired) electrons. The van der Waals surface area contributed by atoms with Gasteiger partial charge >= 0.3 is 12.3 Å². The molecule has 2 aliphatic heterocycles. The summed E-state index contributed by atoms with van der Waals surface area (Å²) in [6, 6.07) is 0. The zero-order chi connectivity index (χ0) is 11.4. The molecule has 6 heteroatoms. The molecule has 90 valence electrons. The van der Waals surface area contributed by atoms with Gasteiger partial charge in [-0.15, -0.1) is 0 Å². The molecule has 2 rings (SSSR count). The fourth-order valence-corrected chi connectivity index (χ4v) is 3.39. The summed E-state index contributed by atoms with van der Waals surface area (Å²) in [5, 5.41) is 0. The second-order valence-electron chi connectivity index (χ2n) is 4.94. The van der Waals surface area contributed by atoms with Crippen molar-refractivity contribution in [3.63, 3.8) is 0 Å². The van der Waals surface area contributed by atoms with Crippen molar-refractivity contribution in [2.24, 2.45) is 0 Å². The Morgan fingerprint density at radius 2 is 0.875 bits per heavy atom. The molecule has 0 aliphatic carbocycles. The third kappa shape index (κ3) is 3.32. The topological polar surface area (TPSA) is 6.48 Å². The molecule has 0 spiro atoms. The van der Waals surface area contributed by atoms with Crippen LogP contribution in [0.2, 0.25) is 0 Å². The van der Waals surface area contributed by atoms with Crippen LogP contribution in [0.5, 0.6) is 0 Å². The van der Waals surface area contributed by atoms with E-state index in [-0.39, 0.29) is 12.3 Å². The largest absolute Gasteiger partial charge is 0.335 e. The zero-order valence-corrected chi connectivity index (χ0v) is 11.4. The van der Waals surface area contributed by atoms with E-state index >= 15 is 0 Å². The van der Waals surface area contributed by atoms with Crippen molar-refractivity contribution in [3.05, 3.63) is 0 Å². The number of piperidine rings is 2. The summed E-state index contributed by atoms with van der Waals surface area (Å²) in [5.74, 6) is 0. The van der Waals surface area contributed by atoms with E-state index in [0.29, 0.717) is 0 Å². The summed E-state index contributed by atoms with van der Waals surface area (Å²) in [4.78, 5) is 4.69. The van der Waals surface area contributed by atoms with Crippen molar-refractivity contribution in [3.8, 4) is 0 Å². The van der Waals surface area contributed by atoms with Crippen molar-refractivity contribution in [1.82, 2.24) is 9.62 Å². The Hall–Kier alpha value is 0.630. The molecule has 0 atom stereocenters. The molecule has 0 bridgehead atoms. The smallest absolute Gasteiger partial charge is 0.332 e. The summed E-state index contributed by atoms with van der Waals surface area (Å²) in [7, 11) is 0. The monoisotopic (exact) mass is 260 g/mol. The first-order valence-electron chi connectivity index (χ1n) is 6.55. The fourth-order valence-electron chi connectivity index (χ4n) is 2.68. The maximum Gasteiger partial charge on any atom is 0.335 e. The number of hydrogen-bond acceptors (Lipinski definition) is 2. The van der Waals surface area contributed by atoms with Gasteiger partial charge in [0.05, 0.1) is 0 Å². The van der Waals surface area contributed by atoms with E-state index in [9.17, 15) is 0 Å². The quantitative estimate of drug-likeness (QED) is 0.720. The number of rotatable bonds is 3. The second-order valence-corrected chi connectivity index (χ2v) is 5.83. The van der Waals surface area contributed by atoms with E-state index in [0.717, 1.165) is 26.2 Å². The van der Waals surface area contributed by atoms with Gasteiger partial charge < -0.3 is 9.62 Å². The van der Waals surface area contributed by atoms with E-state index in [1.54, 1.807) is 0 Å². The van der Waals surface area contributed by atoms with E-state index in [1.165, 1.54) is 38.5 Å². The molecule has 16 heavy (non-hydrogen) atoms. The van der Waals surface area contributed by atoms with Gasteiger partial charge in [0, 0.05) is 0 Å². The summed E-state index contributed by atoms with van der Waals surface area (Å²) >= 11 is 13.0. The van der Waals surface area contributed by atoms with Gasteiger partial charge in [-0.25, -0.2) is 0 Å². The van der Waals surface area contributed by atoms with Crippen molar-refractivity contribution < 1.29 is 0 Å². The summed E-state index contributed by atoms with van der Waals surface area (Å²) in [6.07, 6.45) is 7.74. The van der Waals surface area contributed by atoms with Crippen LogP contribution >= 0.6 is 22.9 Å². The van der Waals surface area contributed by atoms with Crippen LogP contribution in [0.25, 0.3) is 0 Å². The van der Waals surface area contributed by atoms with E-state index < -0.39 is 0 Å². The summed E-state index contributed by atoms with van der Waals surface area (Å²) in [6.45, 7) is 4.47. The Balaban J connectivity index is 1.84. The highest BCUT2D eigenvalue weighted by molar-refractivity contribution is 7.54. The third-order valence-electron chi connectivity index (χ3n) is 3.71. The molecule has 0 aromatic heterocycles. The van der Waals surface area contributed by atoms with Crippen molar-refractivity contribution >= 4 is 35.2 Å². The van der Waals surface area contributed by atoms with Crippen LogP contribution in [0, 0.1) is 0 Å². The van der Waals surface area contributed by atoms with Crippen LogP contribution in [0.3, 0.4) is 0 Å². The maximum atomic E-state index is 6.50. The van der Waals surface area contributed by atoms with Gasteiger partial charge in [0.2, 0.25) is 0 Å². The van der Waals surface area contributed by atoms with Crippen LogP contribution in [-0.2, 0) is 0 Å². The van der Waals surface area contributed by atoms with E-state index in [4.69, 9.17) is 22.9 Å². The minimum Gasteiger partial charge on any atom is -0.332 e. The molecular formula is C10H20B2Cl2N2. The SMILES string of the molecule is ClB(B(Cl)N1CCCCC1)N1CCCCC1. The maximum absolute atomic E-state index is 6.50. The Morgan fingerprint density at radius 3 is 1.19 bits per heavy atom. The minimum absolute atomic E-state index is 0.0138. The minimum atomic E-state index is -0.0138. The van der Waals surface area contributed by atoms with E-state index in [2.05, 4.69) is 9.62 Å². The van der Waals surface area contributed by atoms with Gasteiger partial charge in [-0.3, -0.25) is 0 Å². The fraction of sp³-hybridized carbons (Fsp3) is 1.00. The molecule has 0 aromatic rings. The van der Waals surface area contributed by atoms with E-state index in [1.807, 2.05) is 0 Å². The number of nitrogens with zero attached hydrogens (tertiary/aromatic N) is 2. The van der Waals surface area contributed by atoms with Gasteiger partial charge in [-0.1, -0.05) is 12.8 Å². The summed E-state index contributed by atoms with van der Waals surface area (Å²) < 4.78 is 0. The Bertz CT molecular complexity index is 187. The number of halogens is 2. The molecule has 2 nitrogen and oxygen atoms in total. The van der Waals surface area contributed by atoms with Gasteiger partial charge in [0.1, 0.15) is 0 Å². The van der Waals surface area contributed by atoms with Gasteiger partial charge in [-0.2, -0.15) is 22.9 Å². The summed E-state index contributed by atoms with van der Waals surface area (Å²) in [5.41, 5.74) is 0. The highest BCUT2D eigenvalue weighted by Gasteiger charge is 2.38. The first kappa shape index (κ1) is 13.1. The second kappa shape index (κ2) is 6.53. The predicted molar refractivity (Wildman–Crippen MR) is 74.1 cm³/mol. The van der Waals surface area contributed by atoms with Crippen molar-refractivity contribution in [1.29, 1.82) is 0 Å². The average molecular weight is 261 g/mol. The molecule has 0 aromatic carbocycles. The lowest BCUT2D eigenvalue weighted by Crippen LogP contribution is -2.56. The molecule has 0 amide bonds. The number of hydrogen-bond donors (Lipinski definition) is 0.